The molecule has 2 fully saturated rings. The van der Waals surface area contributed by atoms with Crippen molar-refractivity contribution in [2.45, 2.75) is 50.9 Å². The summed E-state index contributed by atoms with van der Waals surface area (Å²) in [5.74, 6) is -8.65. The summed E-state index contributed by atoms with van der Waals surface area (Å²) in [5.41, 5.74) is 4.79. The molecule has 4 rings (SSSR count). The number of aliphatic hydroxyl groups excluding tert-OH is 1. The fourth-order valence-corrected chi connectivity index (χ4v) is 6.92. The first-order valence-corrected chi connectivity index (χ1v) is 12.7. The van der Waals surface area contributed by atoms with Crippen LogP contribution in [0.5, 0.6) is 5.75 Å². The molecule has 5 N–H and O–H groups in total. The first-order valence-electron chi connectivity index (χ1n) is 12.7. The first-order chi connectivity index (χ1) is 17.1. The van der Waals surface area contributed by atoms with Crippen molar-refractivity contribution < 1.29 is 34.5 Å². The lowest BCUT2D eigenvalue weighted by atomic mass is 9.52. The van der Waals surface area contributed by atoms with Gasteiger partial charge in [-0.25, -0.2) is 0 Å². The Morgan fingerprint density at radius 3 is 2.30 bits per heavy atom. The number of phenolic OH excluding ortho intramolecular Hbond substituents is 1. The third kappa shape index (κ3) is 3.88. The zero-order chi connectivity index (χ0) is 27.7. The zero-order valence-electron chi connectivity index (χ0n) is 22.2. The van der Waals surface area contributed by atoms with E-state index in [1.807, 2.05) is 38.9 Å². The number of nitrogens with two attached hydrogens (primary N) is 1. The molecular formula is C27H37N3O7. The van der Waals surface area contributed by atoms with Crippen molar-refractivity contribution in [1.82, 2.24) is 4.90 Å². The Morgan fingerprint density at radius 1 is 1.16 bits per heavy atom. The lowest BCUT2D eigenvalue weighted by molar-refractivity contribution is -0.190. The summed E-state index contributed by atoms with van der Waals surface area (Å²) < 4.78 is 0. The predicted octanol–water partition coefficient (Wildman–Crippen LogP) is -0.0767. The number of ketones is 3. The highest BCUT2D eigenvalue weighted by molar-refractivity contribution is 6.25. The third-order valence-corrected chi connectivity index (χ3v) is 8.46. The minimum absolute atomic E-state index is 0.0532. The molecule has 0 bridgehead atoms. The Hall–Kier alpha value is -2.82. The second kappa shape index (κ2) is 9.18. The topological polar surface area (TPSA) is 161 Å². The standard InChI is InChI=1S/C27H37N3O7/c1-11(2)7-13-10-16(29(3)4)14-8-12-9-15-20(30(5)6)23(33)19(26(28)36)25(35)27(15,37)24(34)17(12)22(32)18(14)21(13)31/h10-12,15,17,19-20,23,31,33,37H,7-9H2,1-6H3,(H2,28,36)/t12-,15-,17?,19?,20-,23?,27-/m1/s1. The van der Waals surface area contributed by atoms with Crippen molar-refractivity contribution in [2.24, 2.45) is 35.3 Å². The molecule has 1 aromatic rings. The largest absolute Gasteiger partial charge is 0.507 e. The van der Waals surface area contributed by atoms with Gasteiger partial charge in [0.05, 0.1) is 17.6 Å². The molecule has 7 atom stereocenters. The van der Waals surface area contributed by atoms with Gasteiger partial charge in [-0.15, -0.1) is 0 Å². The van der Waals surface area contributed by atoms with Crippen molar-refractivity contribution in [3.05, 3.63) is 22.8 Å². The number of amides is 1. The van der Waals surface area contributed by atoms with Gasteiger partial charge >= 0.3 is 0 Å². The van der Waals surface area contributed by atoms with Gasteiger partial charge in [-0.3, -0.25) is 19.2 Å². The van der Waals surface area contributed by atoms with E-state index in [9.17, 15) is 34.5 Å². The molecule has 0 aromatic heterocycles. The van der Waals surface area contributed by atoms with Crippen LogP contribution >= 0.6 is 0 Å². The second-order valence-corrected chi connectivity index (χ2v) is 11.7. The van der Waals surface area contributed by atoms with Gasteiger partial charge in [0, 0.05) is 31.7 Å². The molecule has 37 heavy (non-hydrogen) atoms. The van der Waals surface area contributed by atoms with Crippen LogP contribution in [0.15, 0.2) is 6.07 Å². The van der Waals surface area contributed by atoms with E-state index < -0.39 is 64.7 Å². The third-order valence-electron chi connectivity index (χ3n) is 8.46. The highest BCUT2D eigenvalue weighted by atomic mass is 16.3. The lowest BCUT2D eigenvalue weighted by Gasteiger charge is -2.55. The molecule has 3 unspecified atom stereocenters. The van der Waals surface area contributed by atoms with Crippen molar-refractivity contribution >= 4 is 28.9 Å². The normalized spacial score (nSPS) is 33.3. The number of likely N-dealkylation sites (N-methyl/N-ethyl adjacent to an activating group) is 1. The number of carbonyl (C=O) groups is 4. The van der Waals surface area contributed by atoms with Crippen LogP contribution in [0.4, 0.5) is 5.69 Å². The Morgan fingerprint density at radius 2 is 1.78 bits per heavy atom. The minimum Gasteiger partial charge on any atom is -0.507 e. The molecular weight excluding hydrogens is 478 g/mol. The van der Waals surface area contributed by atoms with Gasteiger partial charge in [-0.1, -0.05) is 13.8 Å². The number of rotatable bonds is 5. The molecule has 0 spiro atoms. The van der Waals surface area contributed by atoms with Gasteiger partial charge in [-0.05, 0) is 62.4 Å². The summed E-state index contributed by atoms with van der Waals surface area (Å²) in [6.45, 7) is 3.98. The molecule has 0 radical (unpaired) electrons. The number of phenols is 1. The van der Waals surface area contributed by atoms with Gasteiger partial charge < -0.3 is 30.9 Å². The maximum absolute atomic E-state index is 13.9. The van der Waals surface area contributed by atoms with E-state index in [0.29, 0.717) is 17.5 Å². The highest BCUT2D eigenvalue weighted by Gasteiger charge is 2.69. The fraction of sp³-hybridized carbons (Fsp3) is 0.630. The van der Waals surface area contributed by atoms with E-state index in [1.165, 1.54) is 0 Å². The molecule has 10 nitrogen and oxygen atoms in total. The maximum atomic E-state index is 13.9. The van der Waals surface area contributed by atoms with Crippen molar-refractivity contribution in [3.63, 3.8) is 0 Å². The first kappa shape index (κ1) is 27.2. The average molecular weight is 516 g/mol. The maximum Gasteiger partial charge on any atom is 0.230 e. The van der Waals surface area contributed by atoms with Crippen LogP contribution in [-0.2, 0) is 27.2 Å². The predicted molar refractivity (Wildman–Crippen MR) is 135 cm³/mol. The van der Waals surface area contributed by atoms with E-state index in [1.54, 1.807) is 19.0 Å². The van der Waals surface area contributed by atoms with Crippen molar-refractivity contribution in [1.29, 1.82) is 0 Å². The van der Waals surface area contributed by atoms with Crippen LogP contribution < -0.4 is 10.6 Å². The molecule has 0 aliphatic heterocycles. The van der Waals surface area contributed by atoms with Gasteiger partial charge in [0.1, 0.15) is 11.7 Å². The molecule has 202 valence electrons. The van der Waals surface area contributed by atoms with Crippen molar-refractivity contribution in [2.75, 3.05) is 33.1 Å². The molecule has 3 aliphatic carbocycles. The molecule has 0 saturated heterocycles. The Bertz CT molecular complexity index is 1180. The van der Waals surface area contributed by atoms with Gasteiger partial charge in [-0.2, -0.15) is 0 Å². The van der Waals surface area contributed by atoms with E-state index >= 15 is 0 Å². The van der Waals surface area contributed by atoms with Gasteiger partial charge in [0.15, 0.2) is 23.0 Å². The summed E-state index contributed by atoms with van der Waals surface area (Å²) in [6, 6.07) is 0.952. The molecule has 0 heterocycles. The number of hydrogen-bond donors (Lipinski definition) is 4. The Labute approximate surface area is 216 Å². The van der Waals surface area contributed by atoms with Crippen molar-refractivity contribution in [3.8, 4) is 5.75 Å². The summed E-state index contributed by atoms with van der Waals surface area (Å²) in [6.07, 6.45) is -0.628. The number of fused-ring (bicyclic) bond motifs is 3. The van der Waals surface area contributed by atoms with Crippen LogP contribution in [-0.4, -0.2) is 89.4 Å². The van der Waals surface area contributed by atoms with Crippen LogP contribution in [0.3, 0.4) is 0 Å². The van der Waals surface area contributed by atoms with E-state index in [4.69, 9.17) is 5.73 Å². The number of carbonyl (C=O) groups excluding carboxylic acids is 4. The summed E-state index contributed by atoms with van der Waals surface area (Å²) in [5, 5.41) is 33.8. The molecule has 3 aliphatic rings. The number of benzene rings is 1. The summed E-state index contributed by atoms with van der Waals surface area (Å²) in [7, 11) is 6.93. The summed E-state index contributed by atoms with van der Waals surface area (Å²) in [4.78, 5) is 56.9. The number of aromatic hydroxyl groups is 1. The number of primary amides is 1. The number of aliphatic hydroxyl groups is 2. The minimum atomic E-state index is -2.66. The van der Waals surface area contributed by atoms with Crippen LogP contribution in [0, 0.1) is 29.6 Å². The number of nitrogens with zero attached hydrogens (tertiary/aromatic N) is 2. The van der Waals surface area contributed by atoms with Crippen LogP contribution in [0.25, 0.3) is 0 Å². The summed E-state index contributed by atoms with van der Waals surface area (Å²) >= 11 is 0. The Kier molecular flexibility index (Phi) is 6.75. The van der Waals surface area contributed by atoms with Crippen LogP contribution in [0.2, 0.25) is 0 Å². The Balaban J connectivity index is 1.89. The van der Waals surface area contributed by atoms with Gasteiger partial charge in [0.2, 0.25) is 5.91 Å². The van der Waals surface area contributed by atoms with Gasteiger partial charge in [0.25, 0.3) is 0 Å². The highest BCUT2D eigenvalue weighted by Crippen LogP contribution is 2.52. The quantitative estimate of drug-likeness (QED) is 0.393. The smallest absolute Gasteiger partial charge is 0.230 e. The second-order valence-electron chi connectivity index (χ2n) is 11.7. The van der Waals surface area contributed by atoms with E-state index in [2.05, 4.69) is 0 Å². The molecule has 1 aromatic carbocycles. The van der Waals surface area contributed by atoms with Crippen LogP contribution in [0.1, 0.15) is 41.8 Å². The van der Waals surface area contributed by atoms with E-state index in [0.717, 1.165) is 5.69 Å². The number of anilines is 1. The molecule has 2 saturated carbocycles. The van der Waals surface area contributed by atoms with E-state index in [-0.39, 0.29) is 30.1 Å². The zero-order valence-corrected chi connectivity index (χ0v) is 22.2. The SMILES string of the molecule is CC(C)Cc1cc(N(C)C)c2c(c1O)C(=O)C1C(=O)[C@@]3(O)C(=O)C(C(N)=O)C(O)[C@H](N(C)C)[C@H]3C[C@H]1C2. The monoisotopic (exact) mass is 515 g/mol. The number of hydrogen-bond acceptors (Lipinski definition) is 9. The average Bonchev–Trinajstić information content (AvgIpc) is 2.77. The fourth-order valence-electron chi connectivity index (χ4n) is 6.92. The molecule has 10 heteroatoms. The number of Topliss-reactive ketones (excluding diaryl/α,β-unsaturated/α-hetero) is 3. The lowest BCUT2D eigenvalue weighted by Crippen LogP contribution is -2.75. The molecule has 1 amide bonds.